The van der Waals surface area contributed by atoms with Crippen molar-refractivity contribution in [3.05, 3.63) is 73.5 Å². The predicted molar refractivity (Wildman–Crippen MR) is 103 cm³/mol. The minimum Gasteiger partial charge on any atom is -0.393 e. The second-order valence-electron chi connectivity index (χ2n) is 6.08. The summed E-state index contributed by atoms with van der Waals surface area (Å²) in [4.78, 5) is 11.7. The largest absolute Gasteiger partial charge is 0.393 e. The van der Waals surface area contributed by atoms with Crippen LogP contribution in [0.25, 0.3) is 17.0 Å². The molecule has 1 aliphatic rings. The Morgan fingerprint density at radius 1 is 1.12 bits per heavy atom. The summed E-state index contributed by atoms with van der Waals surface area (Å²) in [5, 5.41) is 9.76. The van der Waals surface area contributed by atoms with Gasteiger partial charge in [0.25, 0.3) is 0 Å². The third-order valence-corrected chi connectivity index (χ3v) is 4.35. The molecule has 0 radical (unpaired) electrons. The van der Waals surface area contributed by atoms with Crippen LogP contribution in [0.3, 0.4) is 0 Å². The maximum Gasteiger partial charge on any atom is 0.162 e. The normalized spacial score (nSPS) is 15.9. The molecule has 1 aliphatic heterocycles. The summed E-state index contributed by atoms with van der Waals surface area (Å²) in [5.41, 5.74) is 2.71. The summed E-state index contributed by atoms with van der Waals surface area (Å²) in [5.74, 6) is 1.57. The molecule has 0 atom stereocenters. The fourth-order valence-corrected chi connectivity index (χ4v) is 2.94. The topological polar surface area (TPSA) is 49.2 Å². The average Bonchev–Trinajstić information content (AvgIpc) is 2.67. The van der Waals surface area contributed by atoms with Crippen molar-refractivity contribution >= 4 is 11.4 Å². The fraction of sp³-hybridized carbons (Fsp3) is 0.238. The smallest absolute Gasteiger partial charge is 0.162 e. The van der Waals surface area contributed by atoms with Crippen molar-refractivity contribution in [2.24, 2.45) is 0 Å². The standard InChI is InChI=1S/C21H23N3O/c1-3-8-16(4-2)19-15-20(24-13-11-18(25)12-14-24)23-21(22-19)17-9-6-5-7-10-17/h3-10,15,18,25H,1-2,11-14H2/b16-8+. The zero-order valence-corrected chi connectivity index (χ0v) is 14.3. The third kappa shape index (κ3) is 4.03. The molecule has 3 rings (SSSR count). The van der Waals surface area contributed by atoms with E-state index < -0.39 is 0 Å². The molecule has 0 aliphatic carbocycles. The van der Waals surface area contributed by atoms with E-state index in [0.29, 0.717) is 5.82 Å². The SMILES string of the molecule is C=C/C=C(\C=C)c1cc(N2CCC(O)CC2)nc(-c2ccccc2)n1. The van der Waals surface area contributed by atoms with Crippen molar-refractivity contribution in [3.8, 4) is 11.4 Å². The van der Waals surface area contributed by atoms with E-state index in [1.54, 1.807) is 12.2 Å². The summed E-state index contributed by atoms with van der Waals surface area (Å²) < 4.78 is 0. The van der Waals surface area contributed by atoms with Crippen molar-refractivity contribution < 1.29 is 5.11 Å². The zero-order valence-electron chi connectivity index (χ0n) is 14.3. The molecule has 0 bridgehead atoms. The highest BCUT2D eigenvalue weighted by Crippen LogP contribution is 2.26. The Balaban J connectivity index is 2.06. The number of aliphatic hydroxyl groups is 1. The Morgan fingerprint density at radius 3 is 2.48 bits per heavy atom. The van der Waals surface area contributed by atoms with Crippen LogP contribution in [0.4, 0.5) is 5.82 Å². The van der Waals surface area contributed by atoms with Gasteiger partial charge in [-0.15, -0.1) is 0 Å². The average molecular weight is 333 g/mol. The van der Waals surface area contributed by atoms with Gasteiger partial charge in [0.1, 0.15) is 5.82 Å². The van der Waals surface area contributed by atoms with E-state index in [1.165, 1.54) is 0 Å². The molecule has 4 heteroatoms. The molecule has 0 amide bonds. The van der Waals surface area contributed by atoms with Crippen LogP contribution in [0.1, 0.15) is 18.5 Å². The molecule has 128 valence electrons. The summed E-state index contributed by atoms with van der Waals surface area (Å²) in [6.07, 6.45) is 6.72. The number of hydrogen-bond acceptors (Lipinski definition) is 4. The van der Waals surface area contributed by atoms with E-state index >= 15 is 0 Å². The minimum atomic E-state index is -0.212. The van der Waals surface area contributed by atoms with Gasteiger partial charge in [-0.2, -0.15) is 0 Å². The Hall–Kier alpha value is -2.72. The maximum atomic E-state index is 9.76. The summed E-state index contributed by atoms with van der Waals surface area (Å²) in [6.45, 7) is 9.24. The predicted octanol–water partition coefficient (Wildman–Crippen LogP) is 3.86. The van der Waals surface area contributed by atoms with Gasteiger partial charge in [-0.3, -0.25) is 0 Å². The molecular weight excluding hydrogens is 310 g/mol. The first kappa shape index (κ1) is 17.1. The molecule has 2 heterocycles. The van der Waals surface area contributed by atoms with Gasteiger partial charge in [0, 0.05) is 24.7 Å². The number of rotatable bonds is 5. The van der Waals surface area contributed by atoms with Crippen LogP contribution < -0.4 is 4.90 Å². The van der Waals surface area contributed by atoms with E-state index in [2.05, 4.69) is 18.1 Å². The number of aromatic nitrogens is 2. The van der Waals surface area contributed by atoms with Crippen LogP contribution in [0.2, 0.25) is 0 Å². The summed E-state index contributed by atoms with van der Waals surface area (Å²) in [6, 6.07) is 11.9. The first-order valence-electron chi connectivity index (χ1n) is 8.54. The molecule has 25 heavy (non-hydrogen) atoms. The number of nitrogens with zero attached hydrogens (tertiary/aromatic N) is 3. The summed E-state index contributed by atoms with van der Waals surface area (Å²) in [7, 11) is 0. The van der Waals surface area contributed by atoms with Crippen molar-refractivity contribution in [3.63, 3.8) is 0 Å². The summed E-state index contributed by atoms with van der Waals surface area (Å²) >= 11 is 0. The first-order chi connectivity index (χ1) is 12.2. The van der Waals surface area contributed by atoms with Gasteiger partial charge in [0.05, 0.1) is 11.8 Å². The quantitative estimate of drug-likeness (QED) is 0.844. The molecule has 1 N–H and O–H groups in total. The Bertz CT molecular complexity index is 775. The molecule has 0 unspecified atom stereocenters. The van der Waals surface area contributed by atoms with Gasteiger partial charge in [0.15, 0.2) is 5.82 Å². The second-order valence-corrected chi connectivity index (χ2v) is 6.08. The molecule has 2 aromatic rings. The van der Waals surface area contributed by atoms with Crippen LogP contribution in [0.5, 0.6) is 0 Å². The number of benzene rings is 1. The van der Waals surface area contributed by atoms with Gasteiger partial charge < -0.3 is 10.0 Å². The number of piperidine rings is 1. The number of anilines is 1. The second kappa shape index (κ2) is 7.90. The lowest BCUT2D eigenvalue weighted by Crippen LogP contribution is -2.36. The van der Waals surface area contributed by atoms with E-state index in [0.717, 1.165) is 48.6 Å². The Morgan fingerprint density at radius 2 is 1.84 bits per heavy atom. The van der Waals surface area contributed by atoms with Crippen molar-refractivity contribution in [2.75, 3.05) is 18.0 Å². The van der Waals surface area contributed by atoms with Crippen LogP contribution in [-0.4, -0.2) is 34.3 Å². The number of hydrogen-bond donors (Lipinski definition) is 1. The lowest BCUT2D eigenvalue weighted by molar-refractivity contribution is 0.145. The van der Waals surface area contributed by atoms with Gasteiger partial charge in [-0.25, -0.2) is 9.97 Å². The van der Waals surface area contributed by atoms with Crippen LogP contribution in [0.15, 0.2) is 67.8 Å². The van der Waals surface area contributed by atoms with Crippen molar-refractivity contribution in [1.82, 2.24) is 9.97 Å². The highest BCUT2D eigenvalue weighted by molar-refractivity contribution is 5.75. The van der Waals surface area contributed by atoms with E-state index in [9.17, 15) is 5.11 Å². The van der Waals surface area contributed by atoms with Gasteiger partial charge in [-0.05, 0) is 18.4 Å². The number of allylic oxidation sites excluding steroid dienone is 4. The van der Waals surface area contributed by atoms with Gasteiger partial charge in [-0.1, -0.05) is 61.7 Å². The van der Waals surface area contributed by atoms with Crippen LogP contribution in [0, 0.1) is 0 Å². The monoisotopic (exact) mass is 333 g/mol. The van der Waals surface area contributed by atoms with Crippen LogP contribution >= 0.6 is 0 Å². The molecule has 0 spiro atoms. The van der Waals surface area contributed by atoms with Crippen LogP contribution in [-0.2, 0) is 0 Å². The van der Waals surface area contributed by atoms with Crippen molar-refractivity contribution in [1.29, 1.82) is 0 Å². The van der Waals surface area contributed by atoms with Gasteiger partial charge in [0.2, 0.25) is 0 Å². The fourth-order valence-electron chi connectivity index (χ4n) is 2.94. The number of aliphatic hydroxyl groups excluding tert-OH is 1. The first-order valence-corrected chi connectivity index (χ1v) is 8.54. The Labute approximate surface area is 148 Å². The Kier molecular flexibility index (Phi) is 5.41. The lowest BCUT2D eigenvalue weighted by atomic mass is 10.1. The molecule has 1 saturated heterocycles. The molecule has 1 aromatic heterocycles. The third-order valence-electron chi connectivity index (χ3n) is 4.35. The van der Waals surface area contributed by atoms with Crippen molar-refractivity contribution in [2.45, 2.75) is 18.9 Å². The molecule has 0 saturated carbocycles. The molecule has 1 fully saturated rings. The molecular formula is C21H23N3O. The maximum absolute atomic E-state index is 9.76. The molecule has 4 nitrogen and oxygen atoms in total. The van der Waals surface area contributed by atoms with E-state index in [-0.39, 0.29) is 6.10 Å². The molecule has 1 aromatic carbocycles. The lowest BCUT2D eigenvalue weighted by Gasteiger charge is -2.31. The minimum absolute atomic E-state index is 0.212. The highest BCUT2D eigenvalue weighted by atomic mass is 16.3. The van der Waals surface area contributed by atoms with Gasteiger partial charge >= 0.3 is 0 Å². The van der Waals surface area contributed by atoms with E-state index in [1.807, 2.05) is 42.5 Å². The zero-order chi connectivity index (χ0) is 17.6. The van der Waals surface area contributed by atoms with E-state index in [4.69, 9.17) is 9.97 Å². The highest BCUT2D eigenvalue weighted by Gasteiger charge is 2.20.